The molecular weight excluding hydrogens is 253 g/mol. The van der Waals surface area contributed by atoms with E-state index in [0.29, 0.717) is 0 Å². The quantitative estimate of drug-likeness (QED) is 0.803. The summed E-state index contributed by atoms with van der Waals surface area (Å²) >= 11 is 0. The Balaban J connectivity index is 2.34. The van der Waals surface area contributed by atoms with Crippen LogP contribution in [0.3, 0.4) is 0 Å². The zero-order chi connectivity index (χ0) is 14.4. The standard InChI is InChI=1S/C17H20FNO/c1-3-9-19-12-14-7-8-15(18)11-17(14)13-5-4-6-16(10-13)20-2/h4-8,10-11,19H,3,9,12H2,1-2H3. The predicted octanol–water partition coefficient (Wildman–Crippen LogP) is 4.00. The molecule has 0 radical (unpaired) electrons. The highest BCUT2D eigenvalue weighted by Crippen LogP contribution is 2.27. The van der Waals surface area contributed by atoms with E-state index in [1.165, 1.54) is 6.07 Å². The lowest BCUT2D eigenvalue weighted by Gasteiger charge is -2.12. The van der Waals surface area contributed by atoms with Crippen LogP contribution in [0.2, 0.25) is 0 Å². The number of rotatable bonds is 6. The monoisotopic (exact) mass is 273 g/mol. The Morgan fingerprint density at radius 2 is 2.00 bits per heavy atom. The number of ether oxygens (including phenoxy) is 1. The van der Waals surface area contributed by atoms with Gasteiger partial charge in [0, 0.05) is 6.54 Å². The number of halogens is 1. The lowest BCUT2D eigenvalue weighted by Crippen LogP contribution is -2.14. The van der Waals surface area contributed by atoms with Crippen LogP contribution < -0.4 is 10.1 Å². The minimum absolute atomic E-state index is 0.220. The van der Waals surface area contributed by atoms with Crippen LogP contribution in [-0.2, 0) is 6.54 Å². The third-order valence-electron chi connectivity index (χ3n) is 3.19. The molecule has 2 nitrogen and oxygen atoms in total. The summed E-state index contributed by atoms with van der Waals surface area (Å²) in [6.45, 7) is 3.82. The summed E-state index contributed by atoms with van der Waals surface area (Å²) in [6, 6.07) is 12.6. The van der Waals surface area contributed by atoms with Gasteiger partial charge in [0.15, 0.2) is 0 Å². The molecule has 0 aliphatic heterocycles. The Morgan fingerprint density at radius 1 is 1.15 bits per heavy atom. The van der Waals surface area contributed by atoms with Gasteiger partial charge in [-0.15, -0.1) is 0 Å². The molecule has 0 spiro atoms. The molecule has 106 valence electrons. The summed E-state index contributed by atoms with van der Waals surface area (Å²) in [7, 11) is 1.63. The topological polar surface area (TPSA) is 21.3 Å². The summed E-state index contributed by atoms with van der Waals surface area (Å²) in [5.41, 5.74) is 2.97. The third-order valence-corrected chi connectivity index (χ3v) is 3.19. The second-order valence-corrected chi connectivity index (χ2v) is 4.71. The Hall–Kier alpha value is -1.87. The van der Waals surface area contributed by atoms with E-state index in [1.54, 1.807) is 13.2 Å². The van der Waals surface area contributed by atoms with Gasteiger partial charge in [0.25, 0.3) is 0 Å². The van der Waals surface area contributed by atoms with Crippen molar-refractivity contribution in [2.75, 3.05) is 13.7 Å². The fourth-order valence-electron chi connectivity index (χ4n) is 2.16. The maximum Gasteiger partial charge on any atom is 0.123 e. The normalized spacial score (nSPS) is 10.6. The van der Waals surface area contributed by atoms with E-state index in [0.717, 1.165) is 42.0 Å². The van der Waals surface area contributed by atoms with E-state index < -0.39 is 0 Å². The van der Waals surface area contributed by atoms with Crippen molar-refractivity contribution in [2.45, 2.75) is 19.9 Å². The summed E-state index contributed by atoms with van der Waals surface area (Å²) in [5, 5.41) is 3.36. The second kappa shape index (κ2) is 7.06. The first-order valence-electron chi connectivity index (χ1n) is 6.88. The zero-order valence-electron chi connectivity index (χ0n) is 11.9. The molecule has 1 N–H and O–H groups in total. The molecule has 3 heteroatoms. The Bertz CT molecular complexity index is 569. The summed E-state index contributed by atoms with van der Waals surface area (Å²) in [6.07, 6.45) is 1.08. The minimum Gasteiger partial charge on any atom is -0.497 e. The van der Waals surface area contributed by atoms with Gasteiger partial charge in [-0.25, -0.2) is 4.39 Å². The zero-order valence-corrected chi connectivity index (χ0v) is 11.9. The molecule has 0 aliphatic carbocycles. The van der Waals surface area contributed by atoms with Crippen molar-refractivity contribution in [2.24, 2.45) is 0 Å². The van der Waals surface area contributed by atoms with E-state index >= 15 is 0 Å². The molecule has 0 saturated carbocycles. The first-order valence-corrected chi connectivity index (χ1v) is 6.88. The average Bonchev–Trinajstić information content (AvgIpc) is 2.49. The third kappa shape index (κ3) is 3.58. The van der Waals surface area contributed by atoms with E-state index in [2.05, 4.69) is 12.2 Å². The molecular formula is C17H20FNO. The van der Waals surface area contributed by atoms with Gasteiger partial charge in [-0.05, 0) is 53.9 Å². The number of hydrogen-bond donors (Lipinski definition) is 1. The Morgan fingerprint density at radius 3 is 2.75 bits per heavy atom. The highest BCUT2D eigenvalue weighted by atomic mass is 19.1. The molecule has 0 aliphatic rings. The smallest absolute Gasteiger partial charge is 0.123 e. The maximum atomic E-state index is 13.6. The summed E-state index contributed by atoms with van der Waals surface area (Å²) in [4.78, 5) is 0. The van der Waals surface area contributed by atoms with Gasteiger partial charge < -0.3 is 10.1 Å². The predicted molar refractivity (Wildman–Crippen MR) is 80.4 cm³/mol. The highest BCUT2D eigenvalue weighted by molar-refractivity contribution is 5.68. The Labute approximate surface area is 119 Å². The van der Waals surface area contributed by atoms with Gasteiger partial charge in [-0.2, -0.15) is 0 Å². The first kappa shape index (κ1) is 14.5. The molecule has 0 saturated heterocycles. The summed E-state index contributed by atoms with van der Waals surface area (Å²) < 4.78 is 18.8. The van der Waals surface area contributed by atoms with E-state index in [4.69, 9.17) is 4.74 Å². The van der Waals surface area contributed by atoms with Gasteiger partial charge in [0.1, 0.15) is 11.6 Å². The van der Waals surface area contributed by atoms with Crippen LogP contribution >= 0.6 is 0 Å². The lowest BCUT2D eigenvalue weighted by atomic mass is 9.99. The molecule has 0 unspecified atom stereocenters. The summed E-state index contributed by atoms with van der Waals surface area (Å²) in [5.74, 6) is 0.557. The molecule has 2 aromatic carbocycles. The molecule has 0 heterocycles. The van der Waals surface area contributed by atoms with Crippen LogP contribution in [0.15, 0.2) is 42.5 Å². The van der Waals surface area contributed by atoms with Crippen molar-refractivity contribution in [3.63, 3.8) is 0 Å². The number of hydrogen-bond acceptors (Lipinski definition) is 2. The fraction of sp³-hybridized carbons (Fsp3) is 0.294. The molecule has 0 amide bonds. The van der Waals surface area contributed by atoms with Crippen LogP contribution in [0.5, 0.6) is 5.75 Å². The Kier molecular flexibility index (Phi) is 5.13. The van der Waals surface area contributed by atoms with Crippen molar-refractivity contribution < 1.29 is 9.13 Å². The number of nitrogens with one attached hydrogen (secondary N) is 1. The van der Waals surface area contributed by atoms with E-state index in [-0.39, 0.29) is 5.82 Å². The second-order valence-electron chi connectivity index (χ2n) is 4.71. The molecule has 0 aromatic heterocycles. The number of benzene rings is 2. The van der Waals surface area contributed by atoms with Crippen LogP contribution in [0.25, 0.3) is 11.1 Å². The van der Waals surface area contributed by atoms with Crippen LogP contribution in [0.4, 0.5) is 4.39 Å². The van der Waals surface area contributed by atoms with Crippen LogP contribution in [-0.4, -0.2) is 13.7 Å². The molecule has 0 bridgehead atoms. The largest absolute Gasteiger partial charge is 0.497 e. The van der Waals surface area contributed by atoms with Gasteiger partial charge in [0.2, 0.25) is 0 Å². The van der Waals surface area contributed by atoms with Gasteiger partial charge in [-0.1, -0.05) is 25.1 Å². The fourth-order valence-corrected chi connectivity index (χ4v) is 2.16. The van der Waals surface area contributed by atoms with E-state index in [1.807, 2.05) is 30.3 Å². The van der Waals surface area contributed by atoms with Crippen LogP contribution in [0.1, 0.15) is 18.9 Å². The molecule has 20 heavy (non-hydrogen) atoms. The van der Waals surface area contributed by atoms with Gasteiger partial charge in [0.05, 0.1) is 7.11 Å². The molecule has 2 rings (SSSR count). The van der Waals surface area contributed by atoms with Crippen molar-refractivity contribution >= 4 is 0 Å². The minimum atomic E-state index is -0.220. The first-order chi connectivity index (χ1) is 9.74. The molecule has 0 fully saturated rings. The van der Waals surface area contributed by atoms with E-state index in [9.17, 15) is 4.39 Å². The SMILES string of the molecule is CCCNCc1ccc(F)cc1-c1cccc(OC)c1. The van der Waals surface area contributed by atoms with Gasteiger partial charge >= 0.3 is 0 Å². The average molecular weight is 273 g/mol. The van der Waals surface area contributed by atoms with Crippen molar-refractivity contribution in [1.82, 2.24) is 5.32 Å². The van der Waals surface area contributed by atoms with Crippen molar-refractivity contribution in [1.29, 1.82) is 0 Å². The van der Waals surface area contributed by atoms with Crippen molar-refractivity contribution in [3.8, 4) is 16.9 Å². The van der Waals surface area contributed by atoms with Gasteiger partial charge in [-0.3, -0.25) is 0 Å². The van der Waals surface area contributed by atoms with Crippen LogP contribution in [0, 0.1) is 5.82 Å². The van der Waals surface area contributed by atoms with Crippen molar-refractivity contribution in [3.05, 3.63) is 53.8 Å². The molecule has 2 aromatic rings. The molecule has 0 atom stereocenters. The number of methoxy groups -OCH3 is 1. The maximum absolute atomic E-state index is 13.6. The highest BCUT2D eigenvalue weighted by Gasteiger charge is 2.07. The lowest BCUT2D eigenvalue weighted by molar-refractivity contribution is 0.415.